The molecule has 1 aromatic heterocycles. The smallest absolute Gasteiger partial charge is 0.0951 e. The molecule has 1 aromatic rings. The number of hydrogen-bond donors (Lipinski definition) is 1. The van der Waals surface area contributed by atoms with Crippen molar-refractivity contribution >= 4 is 0 Å². The lowest BCUT2D eigenvalue weighted by molar-refractivity contribution is 0.258. The highest BCUT2D eigenvalue weighted by Gasteiger charge is 2.14. The number of nitrogens with zero attached hydrogens (tertiary/aromatic N) is 3. The monoisotopic (exact) mass is 224 g/mol. The summed E-state index contributed by atoms with van der Waals surface area (Å²) in [6, 6.07) is 0.463. The molecule has 0 saturated carbocycles. The van der Waals surface area contributed by atoms with E-state index in [1.54, 1.807) is 0 Å². The van der Waals surface area contributed by atoms with Crippen LogP contribution in [-0.4, -0.2) is 34.1 Å². The second-order valence-electron chi connectivity index (χ2n) is 4.35. The standard InChI is InChI=1S/C12H24N4/c1-5-15(6-2)8-10(3)16-9-14-7-12(16)11(4)13/h7,9-11H,5-6,8,13H2,1-4H3/t10?,11-/m1/s1. The van der Waals surface area contributed by atoms with E-state index in [4.69, 9.17) is 5.73 Å². The fraction of sp³-hybridized carbons (Fsp3) is 0.750. The molecule has 4 heteroatoms. The first-order valence-electron chi connectivity index (χ1n) is 6.09. The fourth-order valence-corrected chi connectivity index (χ4v) is 1.98. The van der Waals surface area contributed by atoms with Crippen molar-refractivity contribution in [2.75, 3.05) is 19.6 Å². The molecular formula is C12H24N4. The highest BCUT2D eigenvalue weighted by molar-refractivity contribution is 5.04. The van der Waals surface area contributed by atoms with Crippen molar-refractivity contribution in [1.82, 2.24) is 14.5 Å². The lowest BCUT2D eigenvalue weighted by atomic mass is 10.2. The van der Waals surface area contributed by atoms with E-state index in [1.165, 1.54) is 0 Å². The van der Waals surface area contributed by atoms with E-state index >= 15 is 0 Å². The SMILES string of the molecule is CCN(CC)CC(C)n1cncc1[C@@H](C)N. The highest BCUT2D eigenvalue weighted by Crippen LogP contribution is 2.16. The minimum absolute atomic E-state index is 0.0432. The van der Waals surface area contributed by atoms with Gasteiger partial charge in [0, 0.05) is 24.8 Å². The van der Waals surface area contributed by atoms with E-state index in [0.29, 0.717) is 6.04 Å². The van der Waals surface area contributed by atoms with Crippen LogP contribution < -0.4 is 5.73 Å². The van der Waals surface area contributed by atoms with Gasteiger partial charge in [-0.1, -0.05) is 13.8 Å². The summed E-state index contributed by atoms with van der Waals surface area (Å²) in [7, 11) is 0. The van der Waals surface area contributed by atoms with Crippen LogP contribution in [0.1, 0.15) is 45.5 Å². The Bertz CT molecular complexity index is 302. The zero-order valence-electron chi connectivity index (χ0n) is 10.8. The normalized spacial score (nSPS) is 15.4. The second-order valence-corrected chi connectivity index (χ2v) is 4.35. The van der Waals surface area contributed by atoms with Gasteiger partial charge >= 0.3 is 0 Å². The Morgan fingerprint density at radius 3 is 2.50 bits per heavy atom. The van der Waals surface area contributed by atoms with Gasteiger partial charge in [-0.2, -0.15) is 0 Å². The molecule has 0 aliphatic carbocycles. The van der Waals surface area contributed by atoms with Crippen LogP contribution in [0.5, 0.6) is 0 Å². The van der Waals surface area contributed by atoms with Crippen molar-refractivity contribution < 1.29 is 0 Å². The van der Waals surface area contributed by atoms with Gasteiger partial charge < -0.3 is 15.2 Å². The van der Waals surface area contributed by atoms with Crippen LogP contribution in [0.3, 0.4) is 0 Å². The molecule has 16 heavy (non-hydrogen) atoms. The molecule has 1 heterocycles. The van der Waals surface area contributed by atoms with Crippen molar-refractivity contribution in [3.05, 3.63) is 18.2 Å². The Labute approximate surface area is 98.5 Å². The summed E-state index contributed by atoms with van der Waals surface area (Å²) in [6.45, 7) is 11.8. The van der Waals surface area contributed by atoms with E-state index in [0.717, 1.165) is 25.3 Å². The molecule has 0 aliphatic heterocycles. The molecule has 0 saturated heterocycles. The summed E-state index contributed by atoms with van der Waals surface area (Å²) >= 11 is 0. The van der Waals surface area contributed by atoms with Gasteiger partial charge in [-0.3, -0.25) is 0 Å². The molecule has 0 spiro atoms. The Kier molecular flexibility index (Phi) is 4.96. The van der Waals surface area contributed by atoms with Crippen molar-refractivity contribution in [2.45, 2.75) is 39.8 Å². The first-order chi connectivity index (χ1) is 7.60. The van der Waals surface area contributed by atoms with Crippen molar-refractivity contribution in [1.29, 1.82) is 0 Å². The predicted octanol–water partition coefficient (Wildman–Crippen LogP) is 1.81. The largest absolute Gasteiger partial charge is 0.329 e. The van der Waals surface area contributed by atoms with Crippen LogP contribution in [0.4, 0.5) is 0 Å². The maximum atomic E-state index is 5.92. The van der Waals surface area contributed by atoms with Crippen LogP contribution in [-0.2, 0) is 0 Å². The summed E-state index contributed by atoms with van der Waals surface area (Å²) in [5.41, 5.74) is 7.03. The van der Waals surface area contributed by atoms with E-state index in [9.17, 15) is 0 Å². The third-order valence-electron chi connectivity index (χ3n) is 3.05. The number of nitrogens with two attached hydrogens (primary N) is 1. The number of likely N-dealkylation sites (N-methyl/N-ethyl adjacent to an activating group) is 1. The third kappa shape index (κ3) is 3.06. The maximum Gasteiger partial charge on any atom is 0.0951 e. The molecule has 1 rings (SSSR count). The quantitative estimate of drug-likeness (QED) is 0.801. The van der Waals surface area contributed by atoms with Crippen LogP contribution in [0.25, 0.3) is 0 Å². The van der Waals surface area contributed by atoms with Gasteiger partial charge in [0.2, 0.25) is 0 Å². The fourth-order valence-electron chi connectivity index (χ4n) is 1.98. The van der Waals surface area contributed by atoms with Crippen LogP contribution in [0.2, 0.25) is 0 Å². The molecule has 0 aromatic carbocycles. The molecular weight excluding hydrogens is 200 g/mol. The molecule has 0 amide bonds. The van der Waals surface area contributed by atoms with Gasteiger partial charge in [-0.25, -0.2) is 4.98 Å². The Morgan fingerprint density at radius 1 is 1.38 bits per heavy atom. The Morgan fingerprint density at radius 2 is 2.00 bits per heavy atom. The summed E-state index contributed by atoms with van der Waals surface area (Å²) < 4.78 is 2.18. The van der Waals surface area contributed by atoms with Gasteiger partial charge in [0.25, 0.3) is 0 Å². The summed E-state index contributed by atoms with van der Waals surface area (Å²) in [4.78, 5) is 6.60. The zero-order chi connectivity index (χ0) is 12.1. The Balaban J connectivity index is 2.72. The molecule has 0 radical (unpaired) electrons. The molecule has 92 valence electrons. The average Bonchev–Trinajstić information content (AvgIpc) is 2.74. The van der Waals surface area contributed by atoms with Gasteiger partial charge in [-0.15, -0.1) is 0 Å². The molecule has 0 fully saturated rings. The summed E-state index contributed by atoms with van der Waals surface area (Å²) in [6.07, 6.45) is 3.75. The summed E-state index contributed by atoms with van der Waals surface area (Å²) in [5, 5.41) is 0. The molecule has 0 bridgehead atoms. The predicted molar refractivity (Wildman–Crippen MR) is 67.3 cm³/mol. The van der Waals surface area contributed by atoms with Gasteiger partial charge in [0.05, 0.1) is 12.0 Å². The zero-order valence-corrected chi connectivity index (χ0v) is 10.8. The number of hydrogen-bond acceptors (Lipinski definition) is 3. The third-order valence-corrected chi connectivity index (χ3v) is 3.05. The second kappa shape index (κ2) is 6.01. The molecule has 4 nitrogen and oxygen atoms in total. The lowest BCUT2D eigenvalue weighted by Gasteiger charge is -2.25. The minimum Gasteiger partial charge on any atom is -0.329 e. The van der Waals surface area contributed by atoms with Gasteiger partial charge in [0.1, 0.15) is 0 Å². The van der Waals surface area contributed by atoms with Crippen molar-refractivity contribution in [3.63, 3.8) is 0 Å². The van der Waals surface area contributed by atoms with E-state index in [2.05, 4.69) is 35.2 Å². The lowest BCUT2D eigenvalue weighted by Crippen LogP contribution is -2.30. The molecule has 1 unspecified atom stereocenters. The van der Waals surface area contributed by atoms with Crippen molar-refractivity contribution in [2.24, 2.45) is 5.73 Å². The van der Waals surface area contributed by atoms with E-state index < -0.39 is 0 Å². The van der Waals surface area contributed by atoms with E-state index in [-0.39, 0.29) is 6.04 Å². The molecule has 2 N–H and O–H groups in total. The maximum absolute atomic E-state index is 5.92. The van der Waals surface area contributed by atoms with Gasteiger partial charge in [0.15, 0.2) is 0 Å². The first-order valence-corrected chi connectivity index (χ1v) is 6.09. The van der Waals surface area contributed by atoms with E-state index in [1.807, 2.05) is 19.4 Å². The number of imidazole rings is 1. The minimum atomic E-state index is 0.0432. The van der Waals surface area contributed by atoms with Crippen LogP contribution in [0, 0.1) is 0 Å². The molecule has 2 atom stereocenters. The first kappa shape index (κ1) is 13.2. The van der Waals surface area contributed by atoms with Crippen LogP contribution >= 0.6 is 0 Å². The van der Waals surface area contributed by atoms with Crippen LogP contribution in [0.15, 0.2) is 12.5 Å². The summed E-state index contributed by atoms with van der Waals surface area (Å²) in [5.74, 6) is 0. The molecule has 0 aliphatic rings. The average molecular weight is 224 g/mol. The topological polar surface area (TPSA) is 47.1 Å². The highest BCUT2D eigenvalue weighted by atomic mass is 15.2. The van der Waals surface area contributed by atoms with Crippen molar-refractivity contribution in [3.8, 4) is 0 Å². The number of aromatic nitrogens is 2. The number of rotatable bonds is 6. The Hall–Kier alpha value is -0.870. The van der Waals surface area contributed by atoms with Gasteiger partial charge in [-0.05, 0) is 26.9 Å².